The predicted molar refractivity (Wildman–Crippen MR) is 79.0 cm³/mol. The number of ether oxygens (including phenoxy) is 1. The molecule has 4 heteroatoms. The normalized spacial score (nSPS) is 22.6. The molecule has 20 heavy (non-hydrogen) atoms. The molecule has 1 unspecified atom stereocenters. The molecule has 0 N–H and O–H groups in total. The van der Waals surface area contributed by atoms with Crippen LogP contribution in [0.15, 0.2) is 34.2 Å². The van der Waals surface area contributed by atoms with E-state index in [-0.39, 0.29) is 5.92 Å². The van der Waals surface area contributed by atoms with Crippen molar-refractivity contribution in [1.82, 2.24) is 0 Å². The number of hydrogen-bond acceptors (Lipinski definition) is 3. The molecule has 3 nitrogen and oxygen atoms in total. The number of sulfone groups is 1. The summed E-state index contributed by atoms with van der Waals surface area (Å²) in [4.78, 5) is 0.381. The minimum Gasteiger partial charge on any atom is -0.493 e. The Morgan fingerprint density at radius 1 is 1.20 bits per heavy atom. The maximum Gasteiger partial charge on any atom is 0.175 e. The van der Waals surface area contributed by atoms with E-state index < -0.39 is 9.84 Å². The van der Waals surface area contributed by atoms with Crippen LogP contribution in [0.2, 0.25) is 0 Å². The van der Waals surface area contributed by atoms with E-state index in [2.05, 4.69) is 6.92 Å². The Labute approximate surface area is 120 Å². The van der Waals surface area contributed by atoms with Crippen LogP contribution in [-0.4, -0.2) is 21.3 Å². The van der Waals surface area contributed by atoms with Crippen molar-refractivity contribution >= 4 is 9.84 Å². The summed E-state index contributed by atoms with van der Waals surface area (Å²) >= 11 is 0. The molecular weight excluding hydrogens is 272 g/mol. The number of benzene rings is 1. The first kappa shape index (κ1) is 13.7. The van der Waals surface area contributed by atoms with E-state index >= 15 is 0 Å². The van der Waals surface area contributed by atoms with Gasteiger partial charge < -0.3 is 4.74 Å². The summed E-state index contributed by atoms with van der Waals surface area (Å²) < 4.78 is 29.3. The molecule has 1 fully saturated rings. The largest absolute Gasteiger partial charge is 0.493 e. The quantitative estimate of drug-likeness (QED) is 0.745. The average Bonchev–Trinajstić information content (AvgIpc) is 2.47. The van der Waals surface area contributed by atoms with Gasteiger partial charge in [0, 0.05) is 24.2 Å². The van der Waals surface area contributed by atoms with E-state index in [0.717, 1.165) is 17.7 Å². The van der Waals surface area contributed by atoms with Gasteiger partial charge in [-0.2, -0.15) is 0 Å². The highest BCUT2D eigenvalue weighted by molar-refractivity contribution is 7.90. The van der Waals surface area contributed by atoms with Crippen molar-refractivity contribution in [3.8, 4) is 5.75 Å². The van der Waals surface area contributed by atoms with Gasteiger partial charge in [-0.15, -0.1) is 0 Å². The summed E-state index contributed by atoms with van der Waals surface area (Å²) in [6.45, 7) is 2.86. The molecule has 0 bridgehead atoms. The first-order valence-electron chi connectivity index (χ1n) is 7.14. The Morgan fingerprint density at radius 3 is 2.55 bits per heavy atom. The highest BCUT2D eigenvalue weighted by Gasteiger charge is 2.26. The molecule has 1 saturated carbocycles. The third kappa shape index (κ3) is 2.37. The third-order valence-corrected chi connectivity index (χ3v) is 5.55. The Balaban J connectivity index is 2.09. The van der Waals surface area contributed by atoms with Crippen LogP contribution in [-0.2, 0) is 9.84 Å². The molecule has 1 aliphatic carbocycles. The van der Waals surface area contributed by atoms with E-state index in [0.29, 0.717) is 11.5 Å². The zero-order valence-electron chi connectivity index (χ0n) is 12.0. The van der Waals surface area contributed by atoms with Gasteiger partial charge in [0.15, 0.2) is 9.84 Å². The third-order valence-electron chi connectivity index (χ3n) is 4.44. The summed E-state index contributed by atoms with van der Waals surface area (Å²) in [6, 6.07) is 5.23. The zero-order valence-corrected chi connectivity index (χ0v) is 12.8. The van der Waals surface area contributed by atoms with Crippen molar-refractivity contribution in [1.29, 1.82) is 0 Å². The molecular formula is C16H20O3S. The van der Waals surface area contributed by atoms with Gasteiger partial charge in [-0.3, -0.25) is 0 Å². The fraction of sp³-hybridized carbons (Fsp3) is 0.500. The molecule has 1 atom stereocenters. The molecule has 0 amide bonds. The summed E-state index contributed by atoms with van der Waals surface area (Å²) in [7, 11) is -3.17. The standard InChI is InChI=1S/C16H20O3S/c1-11-14(12-4-3-5-12)8-9-19-16-7-6-13(10-15(11)16)20(2,17)18/h6-7,10-11H,3-5,8-9H2,1-2H3. The van der Waals surface area contributed by atoms with Crippen LogP contribution < -0.4 is 4.74 Å². The number of fused-ring (bicyclic) bond motifs is 1. The van der Waals surface area contributed by atoms with E-state index in [4.69, 9.17) is 4.74 Å². The van der Waals surface area contributed by atoms with E-state index in [1.807, 2.05) is 0 Å². The minimum absolute atomic E-state index is 0.254. The molecule has 1 aromatic carbocycles. The van der Waals surface area contributed by atoms with Crippen LogP contribution in [0.5, 0.6) is 5.75 Å². The SMILES string of the molecule is CC1C(=C2CCC2)CCOc2ccc(S(C)(=O)=O)cc21. The average molecular weight is 292 g/mol. The first-order valence-corrected chi connectivity index (χ1v) is 9.03. The second-order valence-corrected chi connectivity index (χ2v) is 7.79. The Hall–Kier alpha value is -1.29. The number of rotatable bonds is 1. The van der Waals surface area contributed by atoms with Crippen LogP contribution in [0.4, 0.5) is 0 Å². The highest BCUT2D eigenvalue weighted by Crippen LogP contribution is 2.42. The monoisotopic (exact) mass is 292 g/mol. The highest BCUT2D eigenvalue weighted by atomic mass is 32.2. The van der Waals surface area contributed by atoms with Gasteiger partial charge in [0.25, 0.3) is 0 Å². The molecule has 0 saturated heterocycles. The van der Waals surface area contributed by atoms with Crippen LogP contribution in [0.25, 0.3) is 0 Å². The minimum atomic E-state index is -3.17. The lowest BCUT2D eigenvalue weighted by Crippen LogP contribution is -2.08. The topological polar surface area (TPSA) is 43.4 Å². The molecule has 2 aliphatic rings. The maximum atomic E-state index is 11.7. The predicted octanol–water partition coefficient (Wildman–Crippen LogP) is 3.46. The van der Waals surface area contributed by atoms with Gasteiger partial charge in [-0.05, 0) is 37.5 Å². The second-order valence-electron chi connectivity index (χ2n) is 5.77. The molecule has 1 heterocycles. The van der Waals surface area contributed by atoms with Gasteiger partial charge in [-0.1, -0.05) is 18.1 Å². The Morgan fingerprint density at radius 2 is 1.95 bits per heavy atom. The van der Waals surface area contributed by atoms with E-state index in [9.17, 15) is 8.42 Å². The lowest BCUT2D eigenvalue weighted by molar-refractivity contribution is 0.324. The second kappa shape index (κ2) is 4.92. The lowest BCUT2D eigenvalue weighted by Gasteiger charge is -2.25. The van der Waals surface area contributed by atoms with Gasteiger partial charge in [-0.25, -0.2) is 8.42 Å². The van der Waals surface area contributed by atoms with Gasteiger partial charge >= 0.3 is 0 Å². The van der Waals surface area contributed by atoms with Crippen molar-refractivity contribution in [2.75, 3.05) is 12.9 Å². The molecule has 0 radical (unpaired) electrons. The van der Waals surface area contributed by atoms with Crippen molar-refractivity contribution in [3.63, 3.8) is 0 Å². The fourth-order valence-corrected chi connectivity index (χ4v) is 3.72. The summed E-state index contributed by atoms with van der Waals surface area (Å²) in [5, 5.41) is 0. The fourth-order valence-electron chi connectivity index (χ4n) is 3.06. The Kier molecular flexibility index (Phi) is 3.36. The molecule has 1 aliphatic heterocycles. The first-order chi connectivity index (χ1) is 9.47. The van der Waals surface area contributed by atoms with Crippen molar-refractivity contribution in [2.24, 2.45) is 0 Å². The van der Waals surface area contributed by atoms with Gasteiger partial charge in [0.2, 0.25) is 0 Å². The summed E-state index contributed by atoms with van der Waals surface area (Å²) in [5.74, 6) is 1.09. The van der Waals surface area contributed by atoms with E-state index in [1.165, 1.54) is 31.1 Å². The van der Waals surface area contributed by atoms with Crippen molar-refractivity contribution in [3.05, 3.63) is 34.9 Å². The lowest BCUT2D eigenvalue weighted by atomic mass is 9.80. The van der Waals surface area contributed by atoms with Crippen LogP contribution in [0.1, 0.15) is 44.1 Å². The van der Waals surface area contributed by atoms with E-state index in [1.54, 1.807) is 23.8 Å². The summed E-state index contributed by atoms with van der Waals surface area (Å²) in [5.41, 5.74) is 4.03. The van der Waals surface area contributed by atoms with Crippen molar-refractivity contribution < 1.29 is 13.2 Å². The molecule has 1 aromatic rings. The van der Waals surface area contributed by atoms with Crippen LogP contribution in [0.3, 0.4) is 0 Å². The van der Waals surface area contributed by atoms with Crippen LogP contribution >= 0.6 is 0 Å². The zero-order chi connectivity index (χ0) is 14.3. The molecule has 108 valence electrons. The van der Waals surface area contributed by atoms with Crippen molar-refractivity contribution in [2.45, 2.75) is 43.4 Å². The molecule has 3 rings (SSSR count). The smallest absolute Gasteiger partial charge is 0.175 e. The van der Waals surface area contributed by atoms with Crippen LogP contribution in [0, 0.1) is 0 Å². The maximum absolute atomic E-state index is 11.7. The summed E-state index contributed by atoms with van der Waals surface area (Å²) in [6.07, 6.45) is 5.88. The number of allylic oxidation sites excluding steroid dienone is 1. The van der Waals surface area contributed by atoms with Gasteiger partial charge in [0.1, 0.15) is 5.75 Å². The molecule has 0 aromatic heterocycles. The Bertz CT molecular complexity index is 665. The molecule has 0 spiro atoms. The number of hydrogen-bond donors (Lipinski definition) is 0. The van der Waals surface area contributed by atoms with Gasteiger partial charge in [0.05, 0.1) is 11.5 Å².